The molecule has 0 unspecified atom stereocenters. The molecule has 0 N–H and O–H groups in total. The molecule has 4 rings (SSSR count). The van der Waals surface area contributed by atoms with Gasteiger partial charge < -0.3 is 9.64 Å². The maximum absolute atomic E-state index is 13.0. The number of cyclic esters (lactones) is 1. The fourth-order valence-corrected chi connectivity index (χ4v) is 3.97. The van der Waals surface area contributed by atoms with E-state index in [1.54, 1.807) is 6.07 Å². The molecule has 5 nitrogen and oxygen atoms in total. The van der Waals surface area contributed by atoms with Crippen molar-refractivity contribution in [3.8, 4) is 0 Å². The zero-order valence-electron chi connectivity index (χ0n) is 16.3. The largest absolute Gasteiger partial charge is 0.448 e. The van der Waals surface area contributed by atoms with Crippen molar-refractivity contribution >= 4 is 11.9 Å². The molecule has 1 atom stereocenters. The van der Waals surface area contributed by atoms with Gasteiger partial charge in [0.25, 0.3) is 5.91 Å². The highest BCUT2D eigenvalue weighted by atomic mass is 16.5. The number of fused-ring (bicyclic) bond motifs is 1. The number of hydrogen-bond donors (Lipinski definition) is 0. The van der Waals surface area contributed by atoms with Gasteiger partial charge in [0, 0.05) is 39.1 Å². The molecule has 5 heteroatoms. The molecule has 2 heterocycles. The smallest absolute Gasteiger partial charge is 0.339 e. The van der Waals surface area contributed by atoms with E-state index in [0.29, 0.717) is 25.1 Å². The van der Waals surface area contributed by atoms with Crippen molar-refractivity contribution in [3.05, 3.63) is 70.8 Å². The molecule has 0 spiro atoms. The van der Waals surface area contributed by atoms with Gasteiger partial charge >= 0.3 is 5.97 Å². The van der Waals surface area contributed by atoms with Crippen molar-refractivity contribution in [2.24, 2.45) is 0 Å². The Balaban J connectivity index is 1.37. The van der Waals surface area contributed by atoms with Gasteiger partial charge in [0.2, 0.25) is 0 Å². The minimum Gasteiger partial charge on any atom is -0.448 e. The second-order valence-electron chi connectivity index (χ2n) is 7.70. The Hall–Kier alpha value is -2.66. The fourth-order valence-electron chi connectivity index (χ4n) is 3.97. The molecule has 2 aliphatic heterocycles. The summed E-state index contributed by atoms with van der Waals surface area (Å²) in [5, 5.41) is 0. The lowest BCUT2D eigenvalue weighted by atomic mass is 9.98. The average molecular weight is 378 g/mol. The Labute approximate surface area is 165 Å². The third kappa shape index (κ3) is 4.09. The Morgan fingerprint density at radius 3 is 2.64 bits per heavy atom. The first kappa shape index (κ1) is 18.7. The molecule has 1 amide bonds. The summed E-state index contributed by atoms with van der Waals surface area (Å²) in [4.78, 5) is 29.5. The van der Waals surface area contributed by atoms with E-state index in [-0.39, 0.29) is 5.91 Å². The van der Waals surface area contributed by atoms with Gasteiger partial charge in [-0.2, -0.15) is 0 Å². The molecule has 0 saturated carbocycles. The van der Waals surface area contributed by atoms with Crippen LogP contribution in [0.3, 0.4) is 0 Å². The zero-order chi connectivity index (χ0) is 19.5. The van der Waals surface area contributed by atoms with Crippen molar-refractivity contribution in [1.29, 1.82) is 0 Å². The summed E-state index contributed by atoms with van der Waals surface area (Å²) in [6.07, 6.45) is 0.685. The molecule has 0 aromatic heterocycles. The van der Waals surface area contributed by atoms with E-state index in [0.717, 1.165) is 31.6 Å². The molecule has 0 aliphatic carbocycles. The predicted molar refractivity (Wildman–Crippen MR) is 107 cm³/mol. The molecule has 1 fully saturated rings. The quantitative estimate of drug-likeness (QED) is 0.771. The number of benzene rings is 2. The van der Waals surface area contributed by atoms with Crippen LogP contribution in [0.4, 0.5) is 0 Å². The van der Waals surface area contributed by atoms with Gasteiger partial charge in [-0.05, 0) is 30.5 Å². The Bertz CT molecular complexity index is 862. The number of hydrogen-bond acceptors (Lipinski definition) is 4. The molecule has 146 valence electrons. The molecule has 28 heavy (non-hydrogen) atoms. The zero-order valence-corrected chi connectivity index (χ0v) is 16.3. The number of aryl methyl sites for hydroxylation is 1. The first-order valence-corrected chi connectivity index (χ1v) is 9.96. The monoisotopic (exact) mass is 378 g/mol. The lowest BCUT2D eigenvalue weighted by Gasteiger charge is -2.29. The standard InChI is InChI=1S/C23H26N2O3/c1-17-7-9-18(10-8-17)16-24-11-4-12-25(14-13-24)22(26)21-15-19-5-2-3-6-20(19)23(27)28-21/h2-3,5-10,21H,4,11-16H2,1H3/t21-/m1/s1. The molecule has 0 bridgehead atoms. The lowest BCUT2D eigenvalue weighted by Crippen LogP contribution is -2.45. The van der Waals surface area contributed by atoms with E-state index in [2.05, 4.69) is 36.1 Å². The van der Waals surface area contributed by atoms with E-state index >= 15 is 0 Å². The van der Waals surface area contributed by atoms with Crippen molar-refractivity contribution in [2.45, 2.75) is 32.4 Å². The SMILES string of the molecule is Cc1ccc(CN2CCCN(C(=O)[C@H]3Cc4ccccc4C(=O)O3)CC2)cc1. The van der Waals surface area contributed by atoms with Crippen molar-refractivity contribution in [3.63, 3.8) is 0 Å². The summed E-state index contributed by atoms with van der Waals surface area (Å²) in [5.74, 6) is -0.462. The molecule has 2 aromatic rings. The van der Waals surface area contributed by atoms with Crippen LogP contribution in [-0.4, -0.2) is 54.0 Å². The number of carbonyl (C=O) groups excluding carboxylic acids is 2. The maximum Gasteiger partial charge on any atom is 0.339 e. The average Bonchev–Trinajstić information content (AvgIpc) is 2.95. The Kier molecular flexibility index (Phi) is 5.44. The molecule has 2 aliphatic rings. The van der Waals surface area contributed by atoms with Crippen LogP contribution in [0.1, 0.15) is 33.5 Å². The van der Waals surface area contributed by atoms with Crippen LogP contribution in [-0.2, 0) is 22.5 Å². The number of amides is 1. The van der Waals surface area contributed by atoms with E-state index < -0.39 is 12.1 Å². The van der Waals surface area contributed by atoms with Crippen LogP contribution in [0.2, 0.25) is 0 Å². The van der Waals surface area contributed by atoms with Crippen LogP contribution in [0.5, 0.6) is 0 Å². The maximum atomic E-state index is 13.0. The van der Waals surface area contributed by atoms with E-state index in [1.165, 1.54) is 11.1 Å². The van der Waals surface area contributed by atoms with Gasteiger partial charge in [0.1, 0.15) is 0 Å². The van der Waals surface area contributed by atoms with E-state index in [4.69, 9.17) is 4.74 Å². The number of rotatable bonds is 3. The third-order valence-corrected chi connectivity index (χ3v) is 5.59. The second-order valence-corrected chi connectivity index (χ2v) is 7.70. The Morgan fingerprint density at radius 1 is 1.04 bits per heavy atom. The van der Waals surface area contributed by atoms with Gasteiger partial charge in [-0.25, -0.2) is 4.79 Å². The fraction of sp³-hybridized carbons (Fsp3) is 0.391. The number of carbonyl (C=O) groups is 2. The van der Waals surface area contributed by atoms with Gasteiger partial charge in [0.05, 0.1) is 5.56 Å². The highest BCUT2D eigenvalue weighted by Gasteiger charge is 2.34. The van der Waals surface area contributed by atoms with Crippen molar-refractivity contribution in [1.82, 2.24) is 9.80 Å². The van der Waals surface area contributed by atoms with Gasteiger partial charge in [-0.1, -0.05) is 48.0 Å². The van der Waals surface area contributed by atoms with Gasteiger partial charge in [-0.3, -0.25) is 9.69 Å². The molecule has 1 saturated heterocycles. The van der Waals surface area contributed by atoms with Crippen LogP contribution >= 0.6 is 0 Å². The van der Waals surface area contributed by atoms with Crippen LogP contribution in [0.15, 0.2) is 48.5 Å². The van der Waals surface area contributed by atoms with Crippen molar-refractivity contribution < 1.29 is 14.3 Å². The van der Waals surface area contributed by atoms with Crippen LogP contribution < -0.4 is 0 Å². The van der Waals surface area contributed by atoms with E-state index in [9.17, 15) is 9.59 Å². The van der Waals surface area contributed by atoms with E-state index in [1.807, 2.05) is 23.1 Å². The second kappa shape index (κ2) is 8.15. The Morgan fingerprint density at radius 2 is 1.82 bits per heavy atom. The topological polar surface area (TPSA) is 49.9 Å². The summed E-state index contributed by atoms with van der Waals surface area (Å²) in [5.41, 5.74) is 4.03. The van der Waals surface area contributed by atoms with Crippen LogP contribution in [0, 0.1) is 6.92 Å². The molecule has 2 aromatic carbocycles. The summed E-state index contributed by atoms with van der Waals surface area (Å²) < 4.78 is 5.46. The molecular weight excluding hydrogens is 352 g/mol. The minimum absolute atomic E-state index is 0.0694. The molecule has 0 radical (unpaired) electrons. The number of ether oxygens (including phenoxy) is 1. The number of nitrogens with zero attached hydrogens (tertiary/aromatic N) is 2. The number of esters is 1. The first-order chi connectivity index (χ1) is 13.6. The summed E-state index contributed by atoms with van der Waals surface area (Å²) >= 11 is 0. The summed E-state index contributed by atoms with van der Waals surface area (Å²) in [6, 6.07) is 16.0. The highest BCUT2D eigenvalue weighted by Crippen LogP contribution is 2.22. The van der Waals surface area contributed by atoms with Gasteiger partial charge in [0.15, 0.2) is 6.10 Å². The summed E-state index contributed by atoms with van der Waals surface area (Å²) in [6.45, 7) is 6.16. The normalized spacial score (nSPS) is 20.2. The third-order valence-electron chi connectivity index (χ3n) is 5.59. The van der Waals surface area contributed by atoms with Gasteiger partial charge in [-0.15, -0.1) is 0 Å². The van der Waals surface area contributed by atoms with Crippen LogP contribution in [0.25, 0.3) is 0 Å². The molecular formula is C23H26N2O3. The van der Waals surface area contributed by atoms with Crippen molar-refractivity contribution in [2.75, 3.05) is 26.2 Å². The predicted octanol–water partition coefficient (Wildman–Crippen LogP) is 2.81. The summed E-state index contributed by atoms with van der Waals surface area (Å²) in [7, 11) is 0. The highest BCUT2D eigenvalue weighted by molar-refractivity contribution is 5.95. The minimum atomic E-state index is -0.703. The lowest BCUT2D eigenvalue weighted by molar-refractivity contribution is -0.141. The first-order valence-electron chi connectivity index (χ1n) is 9.96.